The van der Waals surface area contributed by atoms with Gasteiger partial charge in [-0.15, -0.1) is 0 Å². The van der Waals surface area contributed by atoms with Crippen molar-refractivity contribution >= 4 is 11.6 Å². The van der Waals surface area contributed by atoms with Crippen molar-refractivity contribution < 1.29 is 4.79 Å². The standard InChI is InChI=1S/C19H20N2O/c22-19(17-7-3-9-18-16(17)8-4-11-20-18)21-12-10-14-5-1-2-6-15(14)13-21/h1-3,5-7,9,20H,4,8,10-13H2. The zero-order valence-corrected chi connectivity index (χ0v) is 12.6. The lowest BCUT2D eigenvalue weighted by Gasteiger charge is -2.30. The Labute approximate surface area is 131 Å². The molecule has 0 saturated carbocycles. The van der Waals surface area contributed by atoms with Gasteiger partial charge in [-0.25, -0.2) is 0 Å². The van der Waals surface area contributed by atoms with Crippen molar-refractivity contribution in [2.45, 2.75) is 25.8 Å². The summed E-state index contributed by atoms with van der Waals surface area (Å²) in [6.45, 7) is 2.54. The summed E-state index contributed by atoms with van der Waals surface area (Å²) < 4.78 is 0. The molecule has 2 aromatic carbocycles. The lowest BCUT2D eigenvalue weighted by Crippen LogP contribution is -2.36. The maximum atomic E-state index is 13.0. The molecule has 0 radical (unpaired) electrons. The van der Waals surface area contributed by atoms with Gasteiger partial charge in [0.05, 0.1) is 0 Å². The maximum absolute atomic E-state index is 13.0. The molecule has 0 aliphatic carbocycles. The highest BCUT2D eigenvalue weighted by atomic mass is 16.2. The van der Waals surface area contributed by atoms with E-state index in [9.17, 15) is 4.79 Å². The van der Waals surface area contributed by atoms with Crippen LogP contribution in [0.2, 0.25) is 0 Å². The van der Waals surface area contributed by atoms with Gasteiger partial charge < -0.3 is 10.2 Å². The van der Waals surface area contributed by atoms with Crippen LogP contribution < -0.4 is 5.32 Å². The molecule has 3 nitrogen and oxygen atoms in total. The quantitative estimate of drug-likeness (QED) is 0.875. The van der Waals surface area contributed by atoms with Crippen molar-refractivity contribution in [3.63, 3.8) is 0 Å². The molecule has 0 aromatic heterocycles. The van der Waals surface area contributed by atoms with E-state index in [1.54, 1.807) is 0 Å². The Morgan fingerprint density at radius 3 is 2.77 bits per heavy atom. The van der Waals surface area contributed by atoms with Crippen LogP contribution in [-0.2, 0) is 19.4 Å². The Morgan fingerprint density at radius 1 is 1.00 bits per heavy atom. The Bertz CT molecular complexity index is 723. The molecule has 0 saturated heterocycles. The first-order chi connectivity index (χ1) is 10.8. The number of nitrogens with one attached hydrogen (secondary N) is 1. The van der Waals surface area contributed by atoms with Crippen LogP contribution in [-0.4, -0.2) is 23.9 Å². The molecule has 22 heavy (non-hydrogen) atoms. The minimum atomic E-state index is 0.176. The molecule has 1 amide bonds. The van der Waals surface area contributed by atoms with Crippen molar-refractivity contribution in [3.8, 4) is 0 Å². The molecule has 0 atom stereocenters. The van der Waals surface area contributed by atoms with Crippen molar-refractivity contribution in [2.24, 2.45) is 0 Å². The van der Waals surface area contributed by atoms with E-state index < -0.39 is 0 Å². The predicted octanol–water partition coefficient (Wildman–Crippen LogP) is 3.24. The fourth-order valence-electron chi connectivity index (χ4n) is 3.55. The summed E-state index contributed by atoms with van der Waals surface area (Å²) in [4.78, 5) is 15.0. The number of nitrogens with zero attached hydrogens (tertiary/aromatic N) is 1. The van der Waals surface area contributed by atoms with Crippen LogP contribution in [0.4, 0.5) is 5.69 Å². The number of carbonyl (C=O) groups is 1. The second-order valence-corrected chi connectivity index (χ2v) is 6.11. The molecule has 2 aromatic rings. The van der Waals surface area contributed by atoms with Crippen molar-refractivity contribution in [2.75, 3.05) is 18.4 Å². The molecule has 1 N–H and O–H groups in total. The molecule has 0 unspecified atom stereocenters. The number of benzene rings is 2. The second kappa shape index (κ2) is 5.48. The summed E-state index contributed by atoms with van der Waals surface area (Å²) in [7, 11) is 0. The highest BCUT2D eigenvalue weighted by Gasteiger charge is 2.24. The van der Waals surface area contributed by atoms with Gasteiger partial charge in [0.1, 0.15) is 0 Å². The lowest BCUT2D eigenvalue weighted by atomic mass is 9.95. The van der Waals surface area contributed by atoms with E-state index in [-0.39, 0.29) is 5.91 Å². The Balaban J connectivity index is 1.63. The molecule has 3 heteroatoms. The van der Waals surface area contributed by atoms with Crippen LogP contribution in [0, 0.1) is 0 Å². The molecule has 0 spiro atoms. The summed E-state index contributed by atoms with van der Waals surface area (Å²) in [5, 5.41) is 3.41. The van der Waals surface area contributed by atoms with Crippen LogP contribution in [0.3, 0.4) is 0 Å². The molecule has 2 heterocycles. The van der Waals surface area contributed by atoms with Crippen molar-refractivity contribution in [1.29, 1.82) is 0 Å². The summed E-state index contributed by atoms with van der Waals surface area (Å²) in [6, 6.07) is 14.5. The Kier molecular flexibility index (Phi) is 3.34. The largest absolute Gasteiger partial charge is 0.385 e. The Hall–Kier alpha value is -2.29. The zero-order chi connectivity index (χ0) is 14.9. The first kappa shape index (κ1) is 13.4. The van der Waals surface area contributed by atoms with Gasteiger partial charge in [0, 0.05) is 30.9 Å². The predicted molar refractivity (Wildman–Crippen MR) is 88.1 cm³/mol. The van der Waals surface area contributed by atoms with Crippen LogP contribution in [0.1, 0.15) is 33.5 Å². The molecular weight excluding hydrogens is 272 g/mol. The maximum Gasteiger partial charge on any atom is 0.254 e. The number of fused-ring (bicyclic) bond motifs is 2. The van der Waals surface area contributed by atoms with Crippen molar-refractivity contribution in [3.05, 3.63) is 64.7 Å². The minimum Gasteiger partial charge on any atom is -0.385 e. The number of hydrogen-bond acceptors (Lipinski definition) is 2. The van der Waals surface area contributed by atoms with Gasteiger partial charge in [0.25, 0.3) is 5.91 Å². The smallest absolute Gasteiger partial charge is 0.254 e. The third-order valence-corrected chi connectivity index (χ3v) is 4.74. The molecule has 4 rings (SSSR count). The van der Waals surface area contributed by atoms with Gasteiger partial charge in [-0.05, 0) is 48.1 Å². The Morgan fingerprint density at radius 2 is 1.86 bits per heavy atom. The van der Waals surface area contributed by atoms with E-state index in [2.05, 4.69) is 35.6 Å². The number of hydrogen-bond donors (Lipinski definition) is 1. The molecule has 2 aliphatic rings. The van der Waals surface area contributed by atoms with Gasteiger partial charge in [0.15, 0.2) is 0 Å². The van der Waals surface area contributed by atoms with Gasteiger partial charge in [0.2, 0.25) is 0 Å². The van der Waals surface area contributed by atoms with Gasteiger partial charge in [-0.1, -0.05) is 30.3 Å². The van der Waals surface area contributed by atoms with Gasteiger partial charge in [-0.3, -0.25) is 4.79 Å². The van der Waals surface area contributed by atoms with E-state index in [0.717, 1.165) is 50.1 Å². The average molecular weight is 292 g/mol. The van der Waals surface area contributed by atoms with E-state index in [0.29, 0.717) is 0 Å². The van der Waals surface area contributed by atoms with Crippen molar-refractivity contribution in [1.82, 2.24) is 4.90 Å². The monoisotopic (exact) mass is 292 g/mol. The summed E-state index contributed by atoms with van der Waals surface area (Å²) in [5.41, 5.74) is 5.87. The van der Waals surface area contributed by atoms with Crippen LogP contribution >= 0.6 is 0 Å². The lowest BCUT2D eigenvalue weighted by molar-refractivity contribution is 0.0733. The third kappa shape index (κ3) is 2.27. The van der Waals surface area contributed by atoms with Gasteiger partial charge >= 0.3 is 0 Å². The van der Waals surface area contributed by atoms with Gasteiger partial charge in [-0.2, -0.15) is 0 Å². The third-order valence-electron chi connectivity index (χ3n) is 4.74. The molecule has 2 aliphatic heterocycles. The van der Waals surface area contributed by atoms with Crippen LogP contribution in [0.15, 0.2) is 42.5 Å². The summed E-state index contributed by atoms with van der Waals surface area (Å²) in [5.74, 6) is 0.176. The number of amides is 1. The molecule has 0 bridgehead atoms. The summed E-state index contributed by atoms with van der Waals surface area (Å²) >= 11 is 0. The normalized spacial score (nSPS) is 16.5. The highest BCUT2D eigenvalue weighted by Crippen LogP contribution is 2.28. The topological polar surface area (TPSA) is 32.3 Å². The molecule has 112 valence electrons. The summed E-state index contributed by atoms with van der Waals surface area (Å²) in [6.07, 6.45) is 3.05. The number of carbonyl (C=O) groups excluding carboxylic acids is 1. The average Bonchev–Trinajstić information content (AvgIpc) is 2.60. The second-order valence-electron chi connectivity index (χ2n) is 6.11. The first-order valence-electron chi connectivity index (χ1n) is 8.05. The SMILES string of the molecule is O=C(c1cccc2c1CCCN2)N1CCc2ccccc2C1. The van der Waals surface area contributed by atoms with Crippen LogP contribution in [0.25, 0.3) is 0 Å². The molecular formula is C19H20N2O. The van der Waals surface area contributed by atoms with Crippen LogP contribution in [0.5, 0.6) is 0 Å². The fraction of sp³-hybridized carbons (Fsp3) is 0.316. The fourth-order valence-corrected chi connectivity index (χ4v) is 3.55. The van der Waals surface area contributed by atoms with E-state index in [1.807, 2.05) is 17.0 Å². The highest BCUT2D eigenvalue weighted by molar-refractivity contribution is 5.97. The van der Waals surface area contributed by atoms with E-state index >= 15 is 0 Å². The van der Waals surface area contributed by atoms with E-state index in [1.165, 1.54) is 16.7 Å². The van der Waals surface area contributed by atoms with E-state index in [4.69, 9.17) is 0 Å². The molecule has 0 fully saturated rings. The zero-order valence-electron chi connectivity index (χ0n) is 12.6. The number of anilines is 1. The minimum absolute atomic E-state index is 0.176. The number of rotatable bonds is 1. The first-order valence-corrected chi connectivity index (χ1v) is 8.05.